The molecule has 0 aliphatic heterocycles. The highest BCUT2D eigenvalue weighted by Crippen LogP contribution is 2.21. The number of hydrogen-bond donors (Lipinski definition) is 1. The fourth-order valence-electron chi connectivity index (χ4n) is 2.49. The van der Waals surface area contributed by atoms with Gasteiger partial charge >= 0.3 is 0 Å². The Morgan fingerprint density at radius 3 is 2.05 bits per heavy atom. The van der Waals surface area contributed by atoms with E-state index >= 15 is 0 Å². The first-order valence-corrected chi connectivity index (χ1v) is 7.24. The van der Waals surface area contributed by atoms with Crippen molar-refractivity contribution in [3.63, 3.8) is 0 Å². The molecule has 0 unspecified atom stereocenters. The maximum Gasteiger partial charge on any atom is 0.258 e. The molecule has 2 aromatic rings. The van der Waals surface area contributed by atoms with Gasteiger partial charge < -0.3 is 10.6 Å². The number of hydrogen-bond acceptors (Lipinski definition) is 2. The van der Waals surface area contributed by atoms with Crippen LogP contribution in [0.3, 0.4) is 0 Å². The molecule has 0 fully saturated rings. The van der Waals surface area contributed by atoms with Gasteiger partial charge in [0.15, 0.2) is 0 Å². The van der Waals surface area contributed by atoms with Gasteiger partial charge in [0.05, 0.1) is 0 Å². The molecule has 1 amide bonds. The molecule has 2 N–H and O–H groups in total. The maximum absolute atomic E-state index is 12.7. The molecule has 2 aromatic carbocycles. The summed E-state index contributed by atoms with van der Waals surface area (Å²) in [6.07, 6.45) is 0. The van der Waals surface area contributed by atoms with E-state index in [9.17, 15) is 4.79 Å². The molecule has 0 aliphatic carbocycles. The van der Waals surface area contributed by atoms with Gasteiger partial charge in [-0.2, -0.15) is 0 Å². The smallest absolute Gasteiger partial charge is 0.258 e. The van der Waals surface area contributed by atoms with Gasteiger partial charge in [-0.15, -0.1) is 12.4 Å². The summed E-state index contributed by atoms with van der Waals surface area (Å²) in [6.45, 7) is 7.21. The Kier molecular flexibility index (Phi) is 6.60. The first kappa shape index (κ1) is 18.2. The van der Waals surface area contributed by atoms with Gasteiger partial charge in [0.25, 0.3) is 5.91 Å². The summed E-state index contributed by atoms with van der Waals surface area (Å²) < 4.78 is 0. The number of anilines is 1. The van der Waals surface area contributed by atoms with Crippen molar-refractivity contribution in [2.75, 3.05) is 11.4 Å². The predicted octanol–water partition coefficient (Wildman–Crippen LogP) is 3.85. The Morgan fingerprint density at radius 2 is 1.59 bits per heavy atom. The SMILES string of the molecule is CCN(C(=O)c1ccc(CN)cc1)c1cc(C)cc(C)c1.Cl. The van der Waals surface area contributed by atoms with Gasteiger partial charge in [-0.25, -0.2) is 0 Å². The van der Waals surface area contributed by atoms with Crippen LogP contribution in [-0.2, 0) is 6.54 Å². The van der Waals surface area contributed by atoms with Crippen LogP contribution in [0, 0.1) is 13.8 Å². The summed E-state index contributed by atoms with van der Waals surface area (Å²) in [5, 5.41) is 0. The highest BCUT2D eigenvalue weighted by molar-refractivity contribution is 6.06. The van der Waals surface area contributed by atoms with Crippen LogP contribution in [0.4, 0.5) is 5.69 Å². The van der Waals surface area contributed by atoms with Crippen LogP contribution in [-0.4, -0.2) is 12.5 Å². The predicted molar refractivity (Wildman–Crippen MR) is 94.8 cm³/mol. The summed E-state index contributed by atoms with van der Waals surface area (Å²) >= 11 is 0. The first-order valence-electron chi connectivity index (χ1n) is 7.24. The van der Waals surface area contributed by atoms with Gasteiger partial charge in [0.2, 0.25) is 0 Å². The molecule has 0 heterocycles. The molecular weight excluding hydrogens is 296 g/mol. The second-order valence-electron chi connectivity index (χ2n) is 5.30. The van der Waals surface area contributed by atoms with Crippen molar-refractivity contribution in [3.05, 3.63) is 64.7 Å². The highest BCUT2D eigenvalue weighted by atomic mass is 35.5. The quantitative estimate of drug-likeness (QED) is 0.930. The van der Waals surface area contributed by atoms with Crippen LogP contribution in [0.5, 0.6) is 0 Å². The molecule has 118 valence electrons. The number of aryl methyl sites for hydroxylation is 2. The van der Waals surface area contributed by atoms with Crippen molar-refractivity contribution in [2.45, 2.75) is 27.3 Å². The summed E-state index contributed by atoms with van der Waals surface area (Å²) in [5.74, 6) is 0.0195. The van der Waals surface area contributed by atoms with Gasteiger partial charge in [0, 0.05) is 24.3 Å². The summed E-state index contributed by atoms with van der Waals surface area (Å²) in [7, 11) is 0. The van der Waals surface area contributed by atoms with E-state index < -0.39 is 0 Å². The summed E-state index contributed by atoms with van der Waals surface area (Å²) in [5.41, 5.74) is 10.6. The van der Waals surface area contributed by atoms with E-state index in [0.717, 1.165) is 22.4 Å². The molecule has 0 radical (unpaired) electrons. The summed E-state index contributed by atoms with van der Waals surface area (Å²) in [4.78, 5) is 14.5. The zero-order valence-corrected chi connectivity index (χ0v) is 14.1. The molecule has 0 saturated heterocycles. The third-order valence-electron chi connectivity index (χ3n) is 3.52. The van der Waals surface area contributed by atoms with E-state index in [2.05, 4.69) is 6.07 Å². The number of carbonyl (C=O) groups excluding carboxylic acids is 1. The number of nitrogens with two attached hydrogens (primary N) is 1. The lowest BCUT2D eigenvalue weighted by molar-refractivity contribution is 0.0988. The topological polar surface area (TPSA) is 46.3 Å². The molecule has 3 nitrogen and oxygen atoms in total. The van der Waals surface area contributed by atoms with Crippen LogP contribution in [0.1, 0.15) is 34.0 Å². The minimum Gasteiger partial charge on any atom is -0.326 e. The fraction of sp³-hybridized carbons (Fsp3) is 0.278. The average Bonchev–Trinajstić information content (AvgIpc) is 2.47. The Morgan fingerprint density at radius 1 is 1.05 bits per heavy atom. The molecule has 0 atom stereocenters. The average molecular weight is 319 g/mol. The fourth-order valence-corrected chi connectivity index (χ4v) is 2.49. The minimum atomic E-state index is 0. The molecule has 0 aliphatic rings. The summed E-state index contributed by atoms with van der Waals surface area (Å²) in [6, 6.07) is 13.7. The lowest BCUT2D eigenvalue weighted by atomic mass is 10.1. The molecular formula is C18H23ClN2O. The number of halogens is 1. The number of rotatable bonds is 4. The Hall–Kier alpha value is -1.84. The van der Waals surface area contributed by atoms with Gasteiger partial charge in [-0.3, -0.25) is 4.79 Å². The number of amides is 1. The zero-order valence-electron chi connectivity index (χ0n) is 13.3. The van der Waals surface area contributed by atoms with Crippen molar-refractivity contribution >= 4 is 24.0 Å². The second kappa shape index (κ2) is 7.97. The monoisotopic (exact) mass is 318 g/mol. The largest absolute Gasteiger partial charge is 0.326 e. The van der Waals surface area contributed by atoms with Gasteiger partial charge in [-0.1, -0.05) is 18.2 Å². The molecule has 2 rings (SSSR count). The van der Waals surface area contributed by atoms with E-state index in [1.807, 2.05) is 57.2 Å². The normalized spacial score (nSPS) is 10.0. The maximum atomic E-state index is 12.7. The number of nitrogens with zero attached hydrogens (tertiary/aromatic N) is 1. The van der Waals surface area contributed by atoms with Crippen LogP contribution in [0.25, 0.3) is 0 Å². The van der Waals surface area contributed by atoms with Crippen molar-refractivity contribution in [3.8, 4) is 0 Å². The Bertz CT molecular complexity index is 618. The number of carbonyl (C=O) groups is 1. The minimum absolute atomic E-state index is 0. The Labute approximate surface area is 138 Å². The highest BCUT2D eigenvalue weighted by Gasteiger charge is 2.16. The van der Waals surface area contributed by atoms with Crippen molar-refractivity contribution in [1.82, 2.24) is 0 Å². The first-order chi connectivity index (χ1) is 10.0. The standard InChI is InChI=1S/C18H22N2O.ClH/c1-4-20(17-10-13(2)9-14(3)11-17)18(21)16-7-5-15(12-19)6-8-16;/h5-11H,4,12,19H2,1-3H3;1H. The van der Waals surface area contributed by atoms with E-state index in [4.69, 9.17) is 5.73 Å². The molecule has 22 heavy (non-hydrogen) atoms. The molecule has 4 heteroatoms. The van der Waals surface area contributed by atoms with Crippen molar-refractivity contribution < 1.29 is 4.79 Å². The van der Waals surface area contributed by atoms with Crippen LogP contribution in [0.15, 0.2) is 42.5 Å². The van der Waals surface area contributed by atoms with Crippen LogP contribution >= 0.6 is 12.4 Å². The third-order valence-corrected chi connectivity index (χ3v) is 3.52. The van der Waals surface area contributed by atoms with Gasteiger partial charge in [-0.05, 0) is 61.7 Å². The molecule has 0 bridgehead atoms. The van der Waals surface area contributed by atoms with Crippen LogP contribution in [0.2, 0.25) is 0 Å². The van der Waals surface area contributed by atoms with E-state index in [0.29, 0.717) is 18.7 Å². The third kappa shape index (κ3) is 4.09. The number of benzene rings is 2. The molecule has 0 aromatic heterocycles. The molecule has 0 spiro atoms. The van der Waals surface area contributed by atoms with Gasteiger partial charge in [0.1, 0.15) is 0 Å². The van der Waals surface area contributed by atoms with Crippen molar-refractivity contribution in [2.24, 2.45) is 5.73 Å². The Balaban J connectivity index is 0.00000242. The van der Waals surface area contributed by atoms with Crippen LogP contribution < -0.4 is 10.6 Å². The van der Waals surface area contributed by atoms with E-state index in [1.54, 1.807) is 4.90 Å². The lowest BCUT2D eigenvalue weighted by Gasteiger charge is -2.22. The zero-order chi connectivity index (χ0) is 15.4. The van der Waals surface area contributed by atoms with E-state index in [-0.39, 0.29) is 18.3 Å². The molecule has 0 saturated carbocycles. The van der Waals surface area contributed by atoms with E-state index in [1.165, 1.54) is 0 Å². The lowest BCUT2D eigenvalue weighted by Crippen LogP contribution is -2.30. The van der Waals surface area contributed by atoms with Crippen molar-refractivity contribution in [1.29, 1.82) is 0 Å². The second-order valence-corrected chi connectivity index (χ2v) is 5.30.